The molecule has 3 heterocycles. The van der Waals surface area contributed by atoms with Crippen molar-refractivity contribution >= 4 is 23.9 Å². The van der Waals surface area contributed by atoms with Gasteiger partial charge in [0, 0.05) is 54.4 Å². The molecule has 10 nitrogen and oxygen atoms in total. The Morgan fingerprint density at radius 2 is 1.78 bits per heavy atom. The van der Waals surface area contributed by atoms with Crippen molar-refractivity contribution in [3.05, 3.63) is 36.3 Å². The lowest BCUT2D eigenvalue weighted by Gasteiger charge is -2.72. The fourth-order valence-corrected chi connectivity index (χ4v) is 8.87. The highest BCUT2D eigenvalue weighted by atomic mass is 16.6. The molecule has 10 heteroatoms. The van der Waals surface area contributed by atoms with Crippen LogP contribution in [0.3, 0.4) is 0 Å². The SMILES string of the molecule is C=C1[C@@H]2[C@H](OC(C)=O)C[C@@]3(C)[C@H](c4ccoc4)OC(=O)C[C@]13O[C@H]1C[C@@H](OC(C)=O)C(C)(C)[C@H](CC(=O)OC)[C@]12C. The zero-order chi connectivity index (χ0) is 30.1. The maximum atomic E-state index is 13.3. The van der Waals surface area contributed by atoms with E-state index >= 15 is 0 Å². The number of carbonyl (C=O) groups is 4. The summed E-state index contributed by atoms with van der Waals surface area (Å²) in [5, 5.41) is 0. The zero-order valence-corrected chi connectivity index (χ0v) is 24.8. The molecule has 41 heavy (non-hydrogen) atoms. The van der Waals surface area contributed by atoms with Crippen molar-refractivity contribution in [2.75, 3.05) is 7.11 Å². The molecule has 224 valence electrons. The van der Waals surface area contributed by atoms with Gasteiger partial charge in [-0.1, -0.05) is 34.3 Å². The van der Waals surface area contributed by atoms with Crippen LogP contribution in [0, 0.1) is 28.1 Å². The summed E-state index contributed by atoms with van der Waals surface area (Å²) in [5.41, 5.74) is -2.25. The highest BCUT2D eigenvalue weighted by Gasteiger charge is 2.76. The molecule has 1 aromatic heterocycles. The molecular formula is C31H40O10. The van der Waals surface area contributed by atoms with Crippen molar-refractivity contribution in [3.8, 4) is 0 Å². The van der Waals surface area contributed by atoms with Crippen LogP contribution in [0.5, 0.6) is 0 Å². The summed E-state index contributed by atoms with van der Waals surface area (Å²) in [7, 11) is 1.34. The van der Waals surface area contributed by atoms with Gasteiger partial charge in [-0.2, -0.15) is 0 Å². The minimum atomic E-state index is -1.17. The van der Waals surface area contributed by atoms with Crippen molar-refractivity contribution in [3.63, 3.8) is 0 Å². The second kappa shape index (κ2) is 9.71. The summed E-state index contributed by atoms with van der Waals surface area (Å²) in [6.45, 7) is 15.2. The molecule has 1 spiro atoms. The first kappa shape index (κ1) is 29.4. The van der Waals surface area contributed by atoms with Gasteiger partial charge in [-0.3, -0.25) is 19.2 Å². The average Bonchev–Trinajstić information content (AvgIpc) is 3.39. The third kappa shape index (κ3) is 4.15. The molecule has 4 aliphatic rings. The fraction of sp³-hybridized carbons (Fsp3) is 0.677. The molecule has 0 radical (unpaired) electrons. The Morgan fingerprint density at radius 3 is 2.37 bits per heavy atom. The van der Waals surface area contributed by atoms with Gasteiger partial charge in [-0.15, -0.1) is 0 Å². The molecule has 0 aromatic carbocycles. The predicted octanol–water partition coefficient (Wildman–Crippen LogP) is 4.47. The lowest BCUT2D eigenvalue weighted by molar-refractivity contribution is -0.329. The molecule has 4 fully saturated rings. The van der Waals surface area contributed by atoms with Crippen LogP contribution in [-0.4, -0.2) is 54.9 Å². The quantitative estimate of drug-likeness (QED) is 0.283. The number of rotatable bonds is 5. The van der Waals surface area contributed by atoms with Crippen LogP contribution in [0.25, 0.3) is 0 Å². The molecule has 2 saturated heterocycles. The molecule has 1 aromatic rings. The summed E-state index contributed by atoms with van der Waals surface area (Å²) in [6.07, 6.45) is 1.07. The van der Waals surface area contributed by atoms with E-state index in [0.29, 0.717) is 24.0 Å². The van der Waals surface area contributed by atoms with E-state index in [0.717, 1.165) is 0 Å². The first-order chi connectivity index (χ1) is 19.1. The molecule has 9 atom stereocenters. The third-order valence-corrected chi connectivity index (χ3v) is 10.7. The lowest BCUT2D eigenvalue weighted by atomic mass is 9.40. The molecule has 0 N–H and O–H groups in total. The maximum absolute atomic E-state index is 13.3. The first-order valence-corrected chi connectivity index (χ1v) is 14.1. The van der Waals surface area contributed by atoms with E-state index in [1.54, 1.807) is 6.07 Å². The summed E-state index contributed by atoms with van der Waals surface area (Å²) >= 11 is 0. The van der Waals surface area contributed by atoms with Crippen LogP contribution >= 0.6 is 0 Å². The second-order valence-corrected chi connectivity index (χ2v) is 13.2. The van der Waals surface area contributed by atoms with Crippen molar-refractivity contribution in [2.45, 2.75) is 97.2 Å². The van der Waals surface area contributed by atoms with E-state index in [4.69, 9.17) is 28.1 Å². The van der Waals surface area contributed by atoms with E-state index in [-0.39, 0.29) is 12.8 Å². The summed E-state index contributed by atoms with van der Waals surface area (Å²) in [5.74, 6) is -2.64. The highest BCUT2D eigenvalue weighted by Crippen LogP contribution is 2.72. The molecule has 2 bridgehead atoms. The van der Waals surface area contributed by atoms with Gasteiger partial charge in [0.1, 0.15) is 23.9 Å². The Hall–Kier alpha value is -3.14. The van der Waals surface area contributed by atoms with Crippen LogP contribution in [0.15, 0.2) is 35.2 Å². The summed E-state index contributed by atoms with van der Waals surface area (Å²) in [6, 6.07) is 1.75. The lowest BCUT2D eigenvalue weighted by Crippen LogP contribution is -2.76. The molecule has 0 amide bonds. The van der Waals surface area contributed by atoms with Gasteiger partial charge in [-0.05, 0) is 24.0 Å². The number of furan rings is 1. The van der Waals surface area contributed by atoms with Gasteiger partial charge in [0.2, 0.25) is 0 Å². The van der Waals surface area contributed by atoms with Gasteiger partial charge in [-0.25, -0.2) is 0 Å². The number of esters is 4. The number of hydrogen-bond donors (Lipinski definition) is 0. The number of cyclic esters (lactones) is 1. The van der Waals surface area contributed by atoms with Crippen molar-refractivity contribution < 1.29 is 47.3 Å². The zero-order valence-electron chi connectivity index (χ0n) is 24.8. The van der Waals surface area contributed by atoms with Crippen LogP contribution in [0.2, 0.25) is 0 Å². The standard InChI is InChI=1S/C31H40O10/c1-16-26-20(38-17(2)32)13-29(6)27(19-9-10-37-15-19)40-25(35)14-31(16,29)41-23-12-22(39-18(3)33)28(4,5)21(30(23,26)7)11-24(34)36-8/h9-10,15,20-23,26-27H,1,11-14H2,2-8H3/t20-,21+,22-,23+,26-,27+,29+,30-,31+/m1/s1. The van der Waals surface area contributed by atoms with Gasteiger partial charge in [0.25, 0.3) is 0 Å². The summed E-state index contributed by atoms with van der Waals surface area (Å²) in [4.78, 5) is 51.0. The monoisotopic (exact) mass is 572 g/mol. The van der Waals surface area contributed by atoms with E-state index < -0.39 is 82.0 Å². The number of fused-ring (bicyclic) bond motifs is 3. The topological polar surface area (TPSA) is 128 Å². The van der Waals surface area contributed by atoms with E-state index in [2.05, 4.69) is 6.58 Å². The molecule has 2 aliphatic carbocycles. The largest absolute Gasteiger partial charge is 0.472 e. The molecule has 2 aliphatic heterocycles. The van der Waals surface area contributed by atoms with Gasteiger partial charge in [0.05, 0.1) is 32.2 Å². The Labute approximate surface area is 240 Å². The van der Waals surface area contributed by atoms with Gasteiger partial charge in [0.15, 0.2) is 0 Å². The Balaban J connectivity index is 1.72. The number of methoxy groups -OCH3 is 1. The number of hydrogen-bond acceptors (Lipinski definition) is 10. The van der Waals surface area contributed by atoms with E-state index in [9.17, 15) is 19.2 Å². The maximum Gasteiger partial charge on any atom is 0.309 e. The average molecular weight is 573 g/mol. The van der Waals surface area contributed by atoms with E-state index in [1.807, 2.05) is 27.7 Å². The number of carbonyl (C=O) groups excluding carboxylic acids is 4. The van der Waals surface area contributed by atoms with Crippen molar-refractivity contribution in [1.82, 2.24) is 0 Å². The minimum Gasteiger partial charge on any atom is -0.472 e. The Bertz CT molecular complexity index is 1270. The molecule has 2 saturated carbocycles. The van der Waals surface area contributed by atoms with Crippen LogP contribution in [-0.2, 0) is 42.9 Å². The van der Waals surface area contributed by atoms with E-state index in [1.165, 1.54) is 33.5 Å². The number of ether oxygens (including phenoxy) is 5. The van der Waals surface area contributed by atoms with Crippen molar-refractivity contribution in [2.24, 2.45) is 28.1 Å². The summed E-state index contributed by atoms with van der Waals surface area (Å²) < 4.78 is 35.5. The van der Waals surface area contributed by atoms with Crippen LogP contribution in [0.4, 0.5) is 0 Å². The minimum absolute atomic E-state index is 0.0259. The molecule has 5 rings (SSSR count). The predicted molar refractivity (Wildman–Crippen MR) is 143 cm³/mol. The Morgan fingerprint density at radius 1 is 1.10 bits per heavy atom. The second-order valence-electron chi connectivity index (χ2n) is 13.2. The third-order valence-electron chi connectivity index (χ3n) is 10.7. The smallest absolute Gasteiger partial charge is 0.309 e. The van der Waals surface area contributed by atoms with Crippen molar-refractivity contribution in [1.29, 1.82) is 0 Å². The van der Waals surface area contributed by atoms with Crippen LogP contribution < -0.4 is 0 Å². The molecule has 0 unspecified atom stereocenters. The highest BCUT2D eigenvalue weighted by molar-refractivity contribution is 5.75. The Kier molecular flexibility index (Phi) is 6.95. The molecular weight excluding hydrogens is 532 g/mol. The first-order valence-electron chi connectivity index (χ1n) is 14.1. The van der Waals surface area contributed by atoms with Gasteiger partial charge >= 0.3 is 23.9 Å². The van der Waals surface area contributed by atoms with Gasteiger partial charge < -0.3 is 28.1 Å². The van der Waals surface area contributed by atoms with Crippen LogP contribution in [0.1, 0.15) is 78.9 Å². The normalized spacial score (nSPS) is 40.9. The fourth-order valence-electron chi connectivity index (χ4n) is 8.87.